The van der Waals surface area contributed by atoms with Gasteiger partial charge in [0.25, 0.3) is 5.91 Å². The highest BCUT2D eigenvalue weighted by Gasteiger charge is 2.27. The lowest BCUT2D eigenvalue weighted by Crippen LogP contribution is -2.54. The van der Waals surface area contributed by atoms with Crippen LogP contribution >= 0.6 is 0 Å². The van der Waals surface area contributed by atoms with Gasteiger partial charge in [-0.25, -0.2) is 0 Å². The lowest BCUT2D eigenvalue weighted by atomic mass is 10.2. The van der Waals surface area contributed by atoms with Gasteiger partial charge in [0.2, 0.25) is 0 Å². The molecule has 2 fully saturated rings. The number of hydrogen-bond acceptors (Lipinski definition) is 5. The Morgan fingerprint density at radius 1 is 1.19 bits per heavy atom. The number of para-hydroxylation sites is 1. The number of amides is 1. The second-order valence-electron chi connectivity index (χ2n) is 7.21. The maximum atomic E-state index is 12.4. The molecule has 2 saturated heterocycles. The van der Waals surface area contributed by atoms with Gasteiger partial charge in [-0.3, -0.25) is 14.6 Å². The van der Waals surface area contributed by atoms with E-state index in [9.17, 15) is 4.79 Å². The lowest BCUT2D eigenvalue weighted by Gasteiger charge is -2.39. The van der Waals surface area contributed by atoms with E-state index in [1.807, 2.05) is 0 Å². The molecule has 0 aliphatic carbocycles. The van der Waals surface area contributed by atoms with Gasteiger partial charge in [-0.15, -0.1) is 0 Å². The Balaban J connectivity index is 1.40. The molecule has 144 valence electrons. The molecule has 1 N–H and O–H groups in total. The molecule has 0 bridgehead atoms. The highest BCUT2D eigenvalue weighted by Crippen LogP contribution is 2.16. The second kappa shape index (κ2) is 9.35. The fourth-order valence-corrected chi connectivity index (χ4v) is 3.70. The first-order valence-corrected chi connectivity index (χ1v) is 9.83. The fourth-order valence-electron chi connectivity index (χ4n) is 3.70. The van der Waals surface area contributed by atoms with Crippen LogP contribution in [0.4, 0.5) is 5.69 Å². The molecule has 2 atom stereocenters. The number of carbonyl (C=O) groups excluding carboxylic acids is 1. The van der Waals surface area contributed by atoms with E-state index in [1.54, 1.807) is 0 Å². The molecule has 2 heterocycles. The molecule has 2 aliphatic rings. The van der Waals surface area contributed by atoms with Crippen molar-refractivity contribution in [1.82, 2.24) is 15.1 Å². The van der Waals surface area contributed by atoms with Crippen LogP contribution in [0.5, 0.6) is 0 Å². The van der Waals surface area contributed by atoms with Crippen LogP contribution in [0.1, 0.15) is 13.8 Å². The van der Waals surface area contributed by atoms with Crippen molar-refractivity contribution in [2.45, 2.75) is 26.0 Å². The quantitative estimate of drug-likeness (QED) is 0.821. The standard InChI is InChI=1S/C20H32N4O2/c1-3-22-13-14-26-19(16-22)20(25)21-15-17(2)23-9-11-24(12-10-23)18-7-5-4-6-8-18/h4-8,17,19H,3,9-16H2,1-2H3,(H,21,25)/t17-,19+/m0/s1. The number of ether oxygens (including phenoxy) is 1. The van der Waals surface area contributed by atoms with Crippen molar-refractivity contribution in [3.8, 4) is 0 Å². The van der Waals surface area contributed by atoms with Crippen molar-refractivity contribution in [2.24, 2.45) is 0 Å². The first-order valence-electron chi connectivity index (χ1n) is 9.83. The molecule has 26 heavy (non-hydrogen) atoms. The van der Waals surface area contributed by atoms with Crippen LogP contribution in [0.2, 0.25) is 0 Å². The highest BCUT2D eigenvalue weighted by atomic mass is 16.5. The monoisotopic (exact) mass is 360 g/mol. The van der Waals surface area contributed by atoms with E-state index in [0.29, 0.717) is 25.7 Å². The first kappa shape index (κ1) is 19.1. The summed E-state index contributed by atoms with van der Waals surface area (Å²) in [7, 11) is 0. The van der Waals surface area contributed by atoms with Crippen LogP contribution in [0.3, 0.4) is 0 Å². The van der Waals surface area contributed by atoms with Gasteiger partial charge in [0.1, 0.15) is 6.10 Å². The van der Waals surface area contributed by atoms with Gasteiger partial charge < -0.3 is 15.0 Å². The molecular formula is C20H32N4O2. The Kier molecular flexibility index (Phi) is 6.88. The molecular weight excluding hydrogens is 328 g/mol. The van der Waals surface area contributed by atoms with Gasteiger partial charge in [-0.2, -0.15) is 0 Å². The van der Waals surface area contributed by atoms with Crippen molar-refractivity contribution in [1.29, 1.82) is 0 Å². The Labute approximate surface area is 157 Å². The third-order valence-corrected chi connectivity index (χ3v) is 5.52. The maximum absolute atomic E-state index is 12.4. The third kappa shape index (κ3) is 4.96. The lowest BCUT2D eigenvalue weighted by molar-refractivity contribution is -0.138. The minimum absolute atomic E-state index is 0.0259. The topological polar surface area (TPSA) is 48.1 Å². The molecule has 0 unspecified atom stereocenters. The SMILES string of the molecule is CCN1CCO[C@@H](C(=O)NC[C@H](C)N2CCN(c3ccccc3)CC2)C1. The largest absolute Gasteiger partial charge is 0.369 e. The minimum Gasteiger partial charge on any atom is -0.369 e. The molecule has 1 aromatic carbocycles. The average molecular weight is 361 g/mol. The summed E-state index contributed by atoms with van der Waals surface area (Å²) in [6, 6.07) is 10.9. The molecule has 6 nitrogen and oxygen atoms in total. The molecule has 6 heteroatoms. The van der Waals surface area contributed by atoms with Crippen molar-refractivity contribution < 1.29 is 9.53 Å². The van der Waals surface area contributed by atoms with Crippen LogP contribution in [-0.4, -0.2) is 86.8 Å². The summed E-state index contributed by atoms with van der Waals surface area (Å²) in [4.78, 5) is 19.5. The number of rotatable bonds is 6. The van der Waals surface area contributed by atoms with Crippen molar-refractivity contribution in [2.75, 3.05) is 63.9 Å². The molecule has 2 aliphatic heterocycles. The zero-order valence-corrected chi connectivity index (χ0v) is 16.1. The highest BCUT2D eigenvalue weighted by molar-refractivity contribution is 5.81. The summed E-state index contributed by atoms with van der Waals surface area (Å²) in [5.74, 6) is 0.0259. The van der Waals surface area contributed by atoms with E-state index >= 15 is 0 Å². The van der Waals surface area contributed by atoms with Crippen molar-refractivity contribution in [3.05, 3.63) is 30.3 Å². The summed E-state index contributed by atoms with van der Waals surface area (Å²) >= 11 is 0. The Bertz CT molecular complexity index is 560. The van der Waals surface area contributed by atoms with Crippen molar-refractivity contribution >= 4 is 11.6 Å². The summed E-state index contributed by atoms with van der Waals surface area (Å²) in [6.07, 6.45) is -0.328. The second-order valence-corrected chi connectivity index (χ2v) is 7.21. The van der Waals surface area contributed by atoms with Crippen LogP contribution in [-0.2, 0) is 9.53 Å². The molecule has 3 rings (SSSR count). The first-order chi connectivity index (χ1) is 12.7. The van der Waals surface area contributed by atoms with Gasteiger partial charge in [0, 0.05) is 57.5 Å². The van der Waals surface area contributed by atoms with Crippen LogP contribution < -0.4 is 10.2 Å². The van der Waals surface area contributed by atoms with E-state index in [1.165, 1.54) is 5.69 Å². The van der Waals surface area contributed by atoms with Gasteiger partial charge in [-0.1, -0.05) is 25.1 Å². The van der Waals surface area contributed by atoms with E-state index in [2.05, 4.69) is 64.2 Å². The molecule has 1 amide bonds. The number of likely N-dealkylation sites (N-methyl/N-ethyl adjacent to an activating group) is 1. The number of piperazine rings is 1. The number of anilines is 1. The normalized spacial score (nSPS) is 23.6. The van der Waals surface area contributed by atoms with E-state index in [4.69, 9.17) is 4.74 Å². The maximum Gasteiger partial charge on any atom is 0.250 e. The Hall–Kier alpha value is -1.63. The van der Waals surface area contributed by atoms with Crippen LogP contribution in [0.15, 0.2) is 30.3 Å². The number of benzene rings is 1. The number of morpholine rings is 1. The van der Waals surface area contributed by atoms with Gasteiger partial charge in [0.05, 0.1) is 6.61 Å². The van der Waals surface area contributed by atoms with Crippen LogP contribution in [0, 0.1) is 0 Å². The molecule has 1 aromatic rings. The third-order valence-electron chi connectivity index (χ3n) is 5.52. The average Bonchev–Trinajstić information content (AvgIpc) is 2.72. The van der Waals surface area contributed by atoms with Gasteiger partial charge >= 0.3 is 0 Å². The number of carbonyl (C=O) groups is 1. The van der Waals surface area contributed by atoms with E-state index < -0.39 is 0 Å². The van der Waals surface area contributed by atoms with E-state index in [0.717, 1.165) is 39.3 Å². The van der Waals surface area contributed by atoms with Gasteiger partial charge in [0.15, 0.2) is 0 Å². The summed E-state index contributed by atoms with van der Waals surface area (Å²) in [6.45, 7) is 12.3. The zero-order chi connectivity index (χ0) is 18.4. The smallest absolute Gasteiger partial charge is 0.250 e. The molecule has 0 spiro atoms. The van der Waals surface area contributed by atoms with E-state index in [-0.39, 0.29) is 12.0 Å². The summed E-state index contributed by atoms with van der Waals surface area (Å²) < 4.78 is 5.64. The minimum atomic E-state index is -0.328. The van der Waals surface area contributed by atoms with Gasteiger partial charge in [-0.05, 0) is 25.6 Å². The fraction of sp³-hybridized carbons (Fsp3) is 0.650. The predicted octanol–water partition coefficient (Wildman–Crippen LogP) is 1.03. The molecule has 0 radical (unpaired) electrons. The van der Waals surface area contributed by atoms with Crippen molar-refractivity contribution in [3.63, 3.8) is 0 Å². The number of nitrogens with zero attached hydrogens (tertiary/aromatic N) is 3. The summed E-state index contributed by atoms with van der Waals surface area (Å²) in [5.41, 5.74) is 1.29. The van der Waals surface area contributed by atoms with Crippen LogP contribution in [0.25, 0.3) is 0 Å². The zero-order valence-electron chi connectivity index (χ0n) is 16.1. The summed E-state index contributed by atoms with van der Waals surface area (Å²) in [5, 5.41) is 3.09. The Morgan fingerprint density at radius 3 is 2.62 bits per heavy atom. The number of nitrogens with one attached hydrogen (secondary N) is 1. The molecule has 0 aromatic heterocycles. The number of hydrogen-bond donors (Lipinski definition) is 1. The molecule has 0 saturated carbocycles. The Morgan fingerprint density at radius 2 is 1.92 bits per heavy atom. The predicted molar refractivity (Wildman–Crippen MR) is 105 cm³/mol.